The molecule has 7 heteroatoms. The summed E-state index contributed by atoms with van der Waals surface area (Å²) in [5.41, 5.74) is -1.64. The first-order chi connectivity index (χ1) is 9.36. The second-order valence-corrected chi connectivity index (χ2v) is 4.19. The van der Waals surface area contributed by atoms with Crippen LogP contribution in [0.25, 0.3) is 0 Å². The molecule has 0 unspecified atom stereocenters. The SMILES string of the molecule is COCCCCNc1ccc(C(=O)O)c(C(F)(F)F)c1. The normalized spacial score (nSPS) is 11.4. The van der Waals surface area contributed by atoms with E-state index in [1.165, 1.54) is 6.07 Å². The lowest BCUT2D eigenvalue weighted by atomic mass is 10.1. The van der Waals surface area contributed by atoms with Gasteiger partial charge in [0.25, 0.3) is 0 Å². The van der Waals surface area contributed by atoms with Crippen molar-refractivity contribution in [2.75, 3.05) is 25.6 Å². The van der Waals surface area contributed by atoms with E-state index in [9.17, 15) is 18.0 Å². The third-order valence-electron chi connectivity index (χ3n) is 2.66. The molecule has 0 radical (unpaired) electrons. The molecule has 0 aromatic heterocycles. The van der Waals surface area contributed by atoms with Gasteiger partial charge in [0.15, 0.2) is 0 Å². The van der Waals surface area contributed by atoms with Crippen molar-refractivity contribution in [3.8, 4) is 0 Å². The van der Waals surface area contributed by atoms with Crippen LogP contribution in [-0.4, -0.2) is 31.3 Å². The molecule has 112 valence electrons. The van der Waals surface area contributed by atoms with Crippen molar-refractivity contribution in [3.63, 3.8) is 0 Å². The Kier molecular flexibility index (Phi) is 5.82. The van der Waals surface area contributed by atoms with Gasteiger partial charge in [-0.25, -0.2) is 4.79 Å². The molecular weight excluding hydrogens is 275 g/mol. The van der Waals surface area contributed by atoms with Crippen molar-refractivity contribution >= 4 is 11.7 Å². The first kappa shape index (κ1) is 16.3. The monoisotopic (exact) mass is 291 g/mol. The van der Waals surface area contributed by atoms with Crippen LogP contribution in [-0.2, 0) is 10.9 Å². The number of aromatic carboxylic acids is 1. The zero-order valence-electron chi connectivity index (χ0n) is 11.0. The maximum Gasteiger partial charge on any atom is 0.417 e. The van der Waals surface area contributed by atoms with Crippen molar-refractivity contribution in [3.05, 3.63) is 29.3 Å². The maximum absolute atomic E-state index is 12.8. The van der Waals surface area contributed by atoms with Crippen LogP contribution >= 0.6 is 0 Å². The Morgan fingerprint density at radius 2 is 2.05 bits per heavy atom. The van der Waals surface area contributed by atoms with E-state index in [-0.39, 0.29) is 5.69 Å². The molecule has 0 saturated heterocycles. The Balaban J connectivity index is 2.77. The number of alkyl halides is 3. The Morgan fingerprint density at radius 3 is 2.60 bits per heavy atom. The number of benzene rings is 1. The Hall–Kier alpha value is -1.76. The zero-order valence-corrected chi connectivity index (χ0v) is 11.0. The molecule has 1 aromatic rings. The molecular formula is C13H16F3NO3. The van der Waals surface area contributed by atoms with Crippen molar-refractivity contribution in [2.24, 2.45) is 0 Å². The number of ether oxygens (including phenoxy) is 1. The molecule has 0 aliphatic carbocycles. The number of unbranched alkanes of at least 4 members (excludes halogenated alkanes) is 1. The lowest BCUT2D eigenvalue weighted by Crippen LogP contribution is -2.14. The molecule has 4 nitrogen and oxygen atoms in total. The second kappa shape index (κ2) is 7.14. The highest BCUT2D eigenvalue weighted by molar-refractivity contribution is 5.90. The number of hydrogen-bond donors (Lipinski definition) is 2. The van der Waals surface area contributed by atoms with Crippen LogP contribution in [0.15, 0.2) is 18.2 Å². The van der Waals surface area contributed by atoms with Crippen LogP contribution in [0.5, 0.6) is 0 Å². The zero-order chi connectivity index (χ0) is 15.2. The summed E-state index contributed by atoms with van der Waals surface area (Å²) in [5, 5.41) is 11.6. The van der Waals surface area contributed by atoms with Crippen LogP contribution in [0, 0.1) is 0 Å². The summed E-state index contributed by atoms with van der Waals surface area (Å²) in [6.45, 7) is 1.08. The largest absolute Gasteiger partial charge is 0.478 e. The average molecular weight is 291 g/mol. The van der Waals surface area contributed by atoms with Gasteiger partial charge in [0, 0.05) is 25.9 Å². The fourth-order valence-electron chi connectivity index (χ4n) is 1.68. The number of halogens is 3. The third-order valence-corrected chi connectivity index (χ3v) is 2.66. The third kappa shape index (κ3) is 4.73. The molecule has 0 heterocycles. The van der Waals surface area contributed by atoms with Gasteiger partial charge in [0.1, 0.15) is 0 Å². The number of rotatable bonds is 7. The molecule has 0 aliphatic heterocycles. The lowest BCUT2D eigenvalue weighted by Gasteiger charge is -2.13. The number of carboxylic acids is 1. The minimum Gasteiger partial charge on any atom is -0.478 e. The van der Waals surface area contributed by atoms with E-state index in [0.29, 0.717) is 13.2 Å². The summed E-state index contributed by atoms with van der Waals surface area (Å²) in [7, 11) is 1.58. The summed E-state index contributed by atoms with van der Waals surface area (Å²) in [6.07, 6.45) is -3.15. The van der Waals surface area contributed by atoms with E-state index in [4.69, 9.17) is 9.84 Å². The molecule has 0 aliphatic rings. The average Bonchev–Trinajstić information content (AvgIpc) is 2.37. The van der Waals surface area contributed by atoms with Gasteiger partial charge in [-0.1, -0.05) is 0 Å². The summed E-state index contributed by atoms with van der Waals surface area (Å²) in [6, 6.07) is 3.11. The Bertz CT molecular complexity index is 461. The second-order valence-electron chi connectivity index (χ2n) is 4.19. The molecule has 0 fully saturated rings. The number of carboxylic acid groups (broad SMARTS) is 1. The van der Waals surface area contributed by atoms with Gasteiger partial charge in [-0.3, -0.25) is 0 Å². The summed E-state index contributed by atoms with van der Waals surface area (Å²) >= 11 is 0. The van der Waals surface area contributed by atoms with Gasteiger partial charge in [-0.2, -0.15) is 13.2 Å². The van der Waals surface area contributed by atoms with Gasteiger partial charge in [-0.05, 0) is 31.0 Å². The number of nitrogens with one attached hydrogen (secondary N) is 1. The standard InChI is InChI=1S/C13H16F3NO3/c1-20-7-3-2-6-17-9-4-5-10(12(18)19)11(8-9)13(14,15)16/h4-5,8,17H,2-3,6-7H2,1H3,(H,18,19). The Labute approximate surface area is 114 Å². The number of carbonyl (C=O) groups is 1. The highest BCUT2D eigenvalue weighted by Crippen LogP contribution is 2.33. The van der Waals surface area contributed by atoms with Gasteiger partial charge in [-0.15, -0.1) is 0 Å². The lowest BCUT2D eigenvalue weighted by molar-refractivity contribution is -0.138. The van der Waals surface area contributed by atoms with Crippen LogP contribution in [0.1, 0.15) is 28.8 Å². The molecule has 0 amide bonds. The number of methoxy groups -OCH3 is 1. The fraction of sp³-hybridized carbons (Fsp3) is 0.462. The minimum absolute atomic E-state index is 0.250. The van der Waals surface area contributed by atoms with E-state index in [1.54, 1.807) is 7.11 Å². The predicted molar refractivity (Wildman–Crippen MR) is 68.0 cm³/mol. The predicted octanol–water partition coefficient (Wildman–Crippen LogP) is 3.24. The molecule has 0 bridgehead atoms. The minimum atomic E-state index is -4.69. The topological polar surface area (TPSA) is 58.6 Å². The smallest absolute Gasteiger partial charge is 0.417 e. The molecule has 1 aromatic carbocycles. The van der Waals surface area contributed by atoms with E-state index in [2.05, 4.69) is 5.32 Å². The summed E-state index contributed by atoms with van der Waals surface area (Å²) in [4.78, 5) is 10.8. The summed E-state index contributed by atoms with van der Waals surface area (Å²) < 4.78 is 43.2. The van der Waals surface area contributed by atoms with Crippen molar-refractivity contribution in [1.82, 2.24) is 0 Å². The van der Waals surface area contributed by atoms with Crippen molar-refractivity contribution < 1.29 is 27.8 Å². The van der Waals surface area contributed by atoms with Crippen LogP contribution in [0.4, 0.5) is 18.9 Å². The van der Waals surface area contributed by atoms with Crippen molar-refractivity contribution in [1.29, 1.82) is 0 Å². The molecule has 0 spiro atoms. The van der Waals surface area contributed by atoms with Crippen LogP contribution in [0.3, 0.4) is 0 Å². The van der Waals surface area contributed by atoms with Gasteiger partial charge in [0.2, 0.25) is 0 Å². The van der Waals surface area contributed by atoms with Gasteiger partial charge < -0.3 is 15.2 Å². The summed E-state index contributed by atoms with van der Waals surface area (Å²) in [5.74, 6) is -1.59. The van der Waals surface area contributed by atoms with Crippen LogP contribution < -0.4 is 5.32 Å². The first-order valence-corrected chi connectivity index (χ1v) is 6.03. The van der Waals surface area contributed by atoms with E-state index < -0.39 is 23.3 Å². The highest BCUT2D eigenvalue weighted by Gasteiger charge is 2.35. The molecule has 2 N–H and O–H groups in total. The Morgan fingerprint density at radius 1 is 1.35 bits per heavy atom. The highest BCUT2D eigenvalue weighted by atomic mass is 19.4. The van der Waals surface area contributed by atoms with E-state index in [1.807, 2.05) is 0 Å². The van der Waals surface area contributed by atoms with Crippen LogP contribution in [0.2, 0.25) is 0 Å². The maximum atomic E-state index is 12.8. The van der Waals surface area contributed by atoms with Gasteiger partial charge in [0.05, 0.1) is 11.1 Å². The van der Waals surface area contributed by atoms with Gasteiger partial charge >= 0.3 is 12.1 Å². The van der Waals surface area contributed by atoms with E-state index in [0.717, 1.165) is 25.0 Å². The number of anilines is 1. The molecule has 1 rings (SSSR count). The van der Waals surface area contributed by atoms with E-state index >= 15 is 0 Å². The van der Waals surface area contributed by atoms with Crippen molar-refractivity contribution in [2.45, 2.75) is 19.0 Å². The molecule has 20 heavy (non-hydrogen) atoms. The molecule has 0 atom stereocenters. The molecule has 0 saturated carbocycles. The fourth-order valence-corrected chi connectivity index (χ4v) is 1.68. The first-order valence-electron chi connectivity index (χ1n) is 6.03. The quantitative estimate of drug-likeness (QED) is 0.757. The number of hydrogen-bond acceptors (Lipinski definition) is 3.